The van der Waals surface area contributed by atoms with Crippen LogP contribution in [0.3, 0.4) is 0 Å². The number of hydrogen-bond donors (Lipinski definition) is 1. The van der Waals surface area contributed by atoms with Crippen LogP contribution in [-0.4, -0.2) is 21.5 Å². The first-order valence-electron chi connectivity index (χ1n) is 6.16. The SMILES string of the molecule is CCNCc1ccc(OCc2cn(C)nn2)c(Br)c1. The molecule has 2 aromatic rings. The molecule has 0 unspecified atom stereocenters. The van der Waals surface area contributed by atoms with Gasteiger partial charge in [0.05, 0.1) is 10.7 Å². The highest BCUT2D eigenvalue weighted by atomic mass is 79.9. The van der Waals surface area contributed by atoms with Crippen LogP contribution in [0.5, 0.6) is 5.75 Å². The molecule has 0 radical (unpaired) electrons. The van der Waals surface area contributed by atoms with Crippen molar-refractivity contribution in [3.8, 4) is 5.75 Å². The first kappa shape index (κ1) is 14.0. The number of ether oxygens (including phenoxy) is 1. The molecule has 0 aliphatic carbocycles. The lowest BCUT2D eigenvalue weighted by atomic mass is 10.2. The zero-order chi connectivity index (χ0) is 13.7. The van der Waals surface area contributed by atoms with Gasteiger partial charge in [0.25, 0.3) is 0 Å². The highest BCUT2D eigenvalue weighted by Gasteiger charge is 2.05. The molecular formula is C13H17BrN4O. The molecule has 1 aromatic heterocycles. The molecule has 2 rings (SSSR count). The summed E-state index contributed by atoms with van der Waals surface area (Å²) in [5.41, 5.74) is 2.03. The molecule has 0 bridgehead atoms. The van der Waals surface area contributed by atoms with E-state index >= 15 is 0 Å². The van der Waals surface area contributed by atoms with Crippen LogP contribution < -0.4 is 10.1 Å². The van der Waals surface area contributed by atoms with E-state index in [0.29, 0.717) is 6.61 Å². The van der Waals surface area contributed by atoms with Gasteiger partial charge in [-0.25, -0.2) is 0 Å². The number of hydrogen-bond acceptors (Lipinski definition) is 4. The largest absolute Gasteiger partial charge is 0.486 e. The molecule has 6 heteroatoms. The van der Waals surface area contributed by atoms with E-state index in [-0.39, 0.29) is 0 Å². The van der Waals surface area contributed by atoms with Crippen molar-refractivity contribution >= 4 is 15.9 Å². The molecule has 0 aliphatic heterocycles. The molecule has 102 valence electrons. The Balaban J connectivity index is 1.96. The third kappa shape index (κ3) is 4.04. The number of nitrogens with one attached hydrogen (secondary N) is 1. The second-order valence-electron chi connectivity index (χ2n) is 4.22. The standard InChI is InChI=1S/C13H17BrN4O/c1-3-15-7-10-4-5-13(12(14)6-10)19-9-11-8-18(2)17-16-11/h4-6,8,15H,3,7,9H2,1-2H3. The summed E-state index contributed by atoms with van der Waals surface area (Å²) in [6, 6.07) is 6.08. The third-order valence-corrected chi connectivity index (χ3v) is 3.22. The maximum absolute atomic E-state index is 5.71. The molecule has 1 N–H and O–H groups in total. The Morgan fingerprint density at radius 3 is 2.89 bits per heavy atom. The number of halogens is 1. The van der Waals surface area contributed by atoms with E-state index in [0.717, 1.165) is 29.0 Å². The molecule has 0 saturated heterocycles. The topological polar surface area (TPSA) is 52.0 Å². The lowest BCUT2D eigenvalue weighted by Crippen LogP contribution is -2.11. The smallest absolute Gasteiger partial charge is 0.134 e. The number of aryl methyl sites for hydroxylation is 1. The van der Waals surface area contributed by atoms with Crippen LogP contribution in [-0.2, 0) is 20.2 Å². The average Bonchev–Trinajstić information content (AvgIpc) is 2.81. The van der Waals surface area contributed by atoms with E-state index in [1.165, 1.54) is 5.56 Å². The number of nitrogens with zero attached hydrogens (tertiary/aromatic N) is 3. The molecule has 1 aromatic carbocycles. The van der Waals surface area contributed by atoms with Gasteiger partial charge in [-0.1, -0.05) is 18.2 Å². The van der Waals surface area contributed by atoms with Gasteiger partial charge in [-0.15, -0.1) is 5.10 Å². The third-order valence-electron chi connectivity index (χ3n) is 2.60. The molecule has 1 heterocycles. The summed E-state index contributed by atoms with van der Waals surface area (Å²) in [6.07, 6.45) is 1.84. The fourth-order valence-electron chi connectivity index (χ4n) is 1.65. The van der Waals surface area contributed by atoms with Crippen molar-refractivity contribution in [2.45, 2.75) is 20.1 Å². The van der Waals surface area contributed by atoms with Crippen molar-refractivity contribution in [2.24, 2.45) is 7.05 Å². The fraction of sp³-hybridized carbons (Fsp3) is 0.385. The number of benzene rings is 1. The lowest BCUT2D eigenvalue weighted by Gasteiger charge is -2.09. The van der Waals surface area contributed by atoms with Crippen LogP contribution in [0.1, 0.15) is 18.2 Å². The Bertz CT molecular complexity index is 541. The molecule has 0 atom stereocenters. The highest BCUT2D eigenvalue weighted by Crippen LogP contribution is 2.26. The van der Waals surface area contributed by atoms with Gasteiger partial charge < -0.3 is 10.1 Å². The summed E-state index contributed by atoms with van der Waals surface area (Å²) in [5.74, 6) is 0.811. The van der Waals surface area contributed by atoms with E-state index in [2.05, 4.69) is 50.6 Å². The van der Waals surface area contributed by atoms with Crippen LogP contribution >= 0.6 is 15.9 Å². The molecule has 0 fully saturated rings. The Kier molecular flexibility index (Phi) is 4.93. The van der Waals surface area contributed by atoms with Crippen LogP contribution in [0.15, 0.2) is 28.9 Å². The van der Waals surface area contributed by atoms with Crippen LogP contribution in [0.2, 0.25) is 0 Å². The predicted molar refractivity (Wildman–Crippen MR) is 76.9 cm³/mol. The zero-order valence-electron chi connectivity index (χ0n) is 11.1. The van der Waals surface area contributed by atoms with Gasteiger partial charge in [-0.3, -0.25) is 4.68 Å². The van der Waals surface area contributed by atoms with Gasteiger partial charge in [0.2, 0.25) is 0 Å². The van der Waals surface area contributed by atoms with Gasteiger partial charge in [-0.2, -0.15) is 0 Å². The van der Waals surface area contributed by atoms with Gasteiger partial charge in [-0.05, 0) is 40.2 Å². The predicted octanol–water partition coefficient (Wildman–Crippen LogP) is 2.27. The van der Waals surface area contributed by atoms with Crippen molar-refractivity contribution < 1.29 is 4.74 Å². The van der Waals surface area contributed by atoms with E-state index in [1.54, 1.807) is 4.68 Å². The minimum atomic E-state index is 0.416. The first-order chi connectivity index (χ1) is 9.19. The second-order valence-corrected chi connectivity index (χ2v) is 5.07. The second kappa shape index (κ2) is 6.68. The Morgan fingerprint density at radius 2 is 2.26 bits per heavy atom. The summed E-state index contributed by atoms with van der Waals surface area (Å²) >= 11 is 3.52. The Morgan fingerprint density at radius 1 is 1.42 bits per heavy atom. The highest BCUT2D eigenvalue weighted by molar-refractivity contribution is 9.10. The molecule has 5 nitrogen and oxygen atoms in total. The van der Waals surface area contributed by atoms with E-state index in [1.807, 2.05) is 19.3 Å². The average molecular weight is 325 g/mol. The summed E-state index contributed by atoms with van der Waals surface area (Å²) in [6.45, 7) is 4.33. The maximum atomic E-state index is 5.71. The van der Waals surface area contributed by atoms with Gasteiger partial charge >= 0.3 is 0 Å². The van der Waals surface area contributed by atoms with Gasteiger partial charge in [0.1, 0.15) is 18.1 Å². The van der Waals surface area contributed by atoms with E-state index < -0.39 is 0 Å². The minimum absolute atomic E-state index is 0.416. The van der Waals surface area contributed by atoms with E-state index in [9.17, 15) is 0 Å². The summed E-state index contributed by atoms with van der Waals surface area (Å²) in [7, 11) is 1.84. The normalized spacial score (nSPS) is 10.7. The van der Waals surface area contributed by atoms with Crippen LogP contribution in [0, 0.1) is 0 Å². The monoisotopic (exact) mass is 324 g/mol. The Hall–Kier alpha value is -1.40. The van der Waals surface area contributed by atoms with Crippen molar-refractivity contribution in [2.75, 3.05) is 6.54 Å². The molecule has 0 aliphatic rings. The maximum Gasteiger partial charge on any atom is 0.134 e. The minimum Gasteiger partial charge on any atom is -0.486 e. The van der Waals surface area contributed by atoms with Crippen molar-refractivity contribution in [3.05, 3.63) is 40.1 Å². The quantitative estimate of drug-likeness (QED) is 0.885. The molecule has 0 saturated carbocycles. The summed E-state index contributed by atoms with van der Waals surface area (Å²) in [5, 5.41) is 11.1. The van der Waals surface area contributed by atoms with Crippen molar-refractivity contribution in [3.63, 3.8) is 0 Å². The van der Waals surface area contributed by atoms with Gasteiger partial charge in [0, 0.05) is 13.6 Å². The first-order valence-corrected chi connectivity index (χ1v) is 6.95. The van der Waals surface area contributed by atoms with Crippen LogP contribution in [0.25, 0.3) is 0 Å². The fourth-order valence-corrected chi connectivity index (χ4v) is 2.19. The molecule has 0 amide bonds. The van der Waals surface area contributed by atoms with Gasteiger partial charge in [0.15, 0.2) is 0 Å². The molecule has 19 heavy (non-hydrogen) atoms. The summed E-state index contributed by atoms with van der Waals surface area (Å²) in [4.78, 5) is 0. The molecular weight excluding hydrogens is 308 g/mol. The summed E-state index contributed by atoms with van der Waals surface area (Å²) < 4.78 is 8.32. The lowest BCUT2D eigenvalue weighted by molar-refractivity contribution is 0.299. The molecule has 0 spiro atoms. The van der Waals surface area contributed by atoms with Crippen molar-refractivity contribution in [1.29, 1.82) is 0 Å². The van der Waals surface area contributed by atoms with Crippen LogP contribution in [0.4, 0.5) is 0 Å². The zero-order valence-corrected chi connectivity index (χ0v) is 12.6. The number of rotatable bonds is 6. The van der Waals surface area contributed by atoms with Crippen molar-refractivity contribution in [1.82, 2.24) is 20.3 Å². The van der Waals surface area contributed by atoms with E-state index in [4.69, 9.17) is 4.74 Å². The number of aromatic nitrogens is 3. The Labute approximate surface area is 121 Å².